The van der Waals surface area contributed by atoms with Gasteiger partial charge in [-0.25, -0.2) is 9.59 Å². The van der Waals surface area contributed by atoms with Crippen LogP contribution in [-0.4, -0.2) is 159 Å². The summed E-state index contributed by atoms with van der Waals surface area (Å²) in [6.07, 6.45) is -11.6. The van der Waals surface area contributed by atoms with Crippen LogP contribution in [0.25, 0.3) is 11.0 Å². The number of phenolic OH excluding ortho intramolecular Hbond substituents is 1. The number of aliphatic hydroxyl groups excluding tert-OH is 5. The molecule has 6 rings (SSSR count). The van der Waals surface area contributed by atoms with Crippen LogP contribution in [0.1, 0.15) is 84.1 Å². The molecule has 21 heteroatoms. The summed E-state index contributed by atoms with van der Waals surface area (Å²) in [5.74, 6) is -4.04. The van der Waals surface area contributed by atoms with E-state index in [9.17, 15) is 59.7 Å². The smallest absolute Gasteiger partial charge is 0.336 e. The summed E-state index contributed by atoms with van der Waals surface area (Å²) < 4.78 is 36.2. The molecule has 2 aromatic rings. The van der Waals surface area contributed by atoms with Crippen molar-refractivity contribution in [1.82, 2.24) is 16.0 Å². The van der Waals surface area contributed by atoms with Gasteiger partial charge in [-0.2, -0.15) is 0 Å². The third-order valence-corrected chi connectivity index (χ3v) is 13.2. The maximum Gasteiger partial charge on any atom is 0.336 e. The molecule has 21 nitrogen and oxygen atoms in total. The zero-order valence-electron chi connectivity index (χ0n) is 37.4. The van der Waals surface area contributed by atoms with Gasteiger partial charge in [0, 0.05) is 43.5 Å². The molecule has 3 amide bonds. The van der Waals surface area contributed by atoms with Crippen molar-refractivity contribution in [3.05, 3.63) is 40.2 Å². The Balaban J connectivity index is 1.20. The lowest BCUT2D eigenvalue weighted by atomic mass is 9.75. The van der Waals surface area contributed by atoms with Crippen LogP contribution < -0.4 is 21.6 Å². The van der Waals surface area contributed by atoms with Crippen molar-refractivity contribution in [3.63, 3.8) is 0 Å². The summed E-state index contributed by atoms with van der Waals surface area (Å²) in [6, 6.07) is 4.05. The Bertz CT molecular complexity index is 2030. The summed E-state index contributed by atoms with van der Waals surface area (Å²) in [5.41, 5.74) is -0.193. The standard InChI is InChI=1S/C45H65N3O18/c1-4-24-15-26(42(58)47-13-12-46-33(52)17-25-18-34(53)62-29-19-27(51)10-11-28(25)29)16-30(40(24)66-45-39(57)38(56)36(54)21(2)61-45)64-44-35(48-22(3)50)41(37(55)32(20-49)65-44)63-31(43(59)60)14-23-8-6-5-7-9-23/h10-11,18-19,21,23-24,26,30-32,35-41,44-45,49,51,54-57H,4-9,12-17,20H2,1-3H3,(H,46,52)(H,47,58)(H,48,50)(H,59,60)/t21-,24+,26?,30+,31-,32-,35?,36?,37-,38-,39-,40?,41?,44+,45?/m0/s1. The summed E-state index contributed by atoms with van der Waals surface area (Å²) >= 11 is 0. The number of aliphatic carboxylic acids is 1. The highest BCUT2D eigenvalue weighted by molar-refractivity contribution is 5.87. The Morgan fingerprint density at radius 1 is 0.879 bits per heavy atom. The summed E-state index contributed by atoms with van der Waals surface area (Å²) in [4.78, 5) is 64.4. The number of carboxylic acid groups (broad SMARTS) is 1. The van der Waals surface area contributed by atoms with E-state index in [1.165, 1.54) is 38.1 Å². The number of fused-ring (bicyclic) bond motifs is 1. The minimum absolute atomic E-state index is 0.00606. The molecule has 3 heterocycles. The molecule has 6 unspecified atom stereocenters. The van der Waals surface area contributed by atoms with Gasteiger partial charge in [0.2, 0.25) is 17.7 Å². The fourth-order valence-corrected chi connectivity index (χ4v) is 9.71. The quantitative estimate of drug-likeness (QED) is 0.0678. The Kier molecular flexibility index (Phi) is 17.9. The predicted octanol–water partition coefficient (Wildman–Crippen LogP) is -0.301. The number of ether oxygens (including phenoxy) is 5. The highest BCUT2D eigenvalue weighted by Gasteiger charge is 2.53. The molecule has 4 aliphatic rings. The average Bonchev–Trinajstić information content (AvgIpc) is 3.27. The number of amides is 3. The van der Waals surface area contributed by atoms with Crippen LogP contribution in [0.4, 0.5) is 0 Å². The zero-order chi connectivity index (χ0) is 47.8. The maximum absolute atomic E-state index is 13.9. The van der Waals surface area contributed by atoms with E-state index in [0.717, 1.165) is 32.1 Å². The van der Waals surface area contributed by atoms with Crippen LogP contribution >= 0.6 is 0 Å². The van der Waals surface area contributed by atoms with Crippen molar-refractivity contribution in [1.29, 1.82) is 0 Å². The fourth-order valence-electron chi connectivity index (χ4n) is 9.71. The molecule has 1 aromatic carbocycles. The highest BCUT2D eigenvalue weighted by atomic mass is 16.7. The Hall–Kier alpha value is -4.29. The normalized spacial score (nSPS) is 33.5. The van der Waals surface area contributed by atoms with Crippen molar-refractivity contribution in [2.75, 3.05) is 19.7 Å². The van der Waals surface area contributed by atoms with Crippen molar-refractivity contribution in [3.8, 4) is 5.75 Å². The number of carbonyl (C=O) groups excluding carboxylic acids is 3. The predicted molar refractivity (Wildman–Crippen MR) is 229 cm³/mol. The first-order valence-electron chi connectivity index (χ1n) is 22.9. The van der Waals surface area contributed by atoms with Gasteiger partial charge in [-0.3, -0.25) is 14.4 Å². The molecule has 2 saturated heterocycles. The second kappa shape index (κ2) is 23.1. The molecule has 15 atom stereocenters. The number of aliphatic hydroxyl groups is 5. The zero-order valence-corrected chi connectivity index (χ0v) is 37.4. The Labute approximate surface area is 381 Å². The molecule has 368 valence electrons. The molecule has 10 N–H and O–H groups in total. The van der Waals surface area contributed by atoms with E-state index < -0.39 is 127 Å². The van der Waals surface area contributed by atoms with Crippen LogP contribution in [0.15, 0.2) is 33.5 Å². The molecule has 2 aliphatic carbocycles. The van der Waals surface area contributed by atoms with Crippen LogP contribution in [-0.2, 0) is 49.3 Å². The molecular weight excluding hydrogens is 870 g/mol. The molecular formula is C45H65N3O18. The van der Waals surface area contributed by atoms with Crippen LogP contribution in [0.3, 0.4) is 0 Å². The molecule has 1 aromatic heterocycles. The lowest BCUT2D eigenvalue weighted by Gasteiger charge is -2.49. The minimum atomic E-state index is -1.70. The van der Waals surface area contributed by atoms with Gasteiger partial charge < -0.3 is 79.8 Å². The number of phenols is 1. The molecule has 4 fully saturated rings. The monoisotopic (exact) mass is 935 g/mol. The number of benzene rings is 1. The Morgan fingerprint density at radius 2 is 1.61 bits per heavy atom. The minimum Gasteiger partial charge on any atom is -0.508 e. The van der Waals surface area contributed by atoms with E-state index in [2.05, 4.69) is 16.0 Å². The topological polar surface area (TPSA) is 322 Å². The molecule has 0 radical (unpaired) electrons. The summed E-state index contributed by atoms with van der Waals surface area (Å²) in [6.45, 7) is 3.81. The summed E-state index contributed by atoms with van der Waals surface area (Å²) in [5, 5.41) is 82.7. The molecule has 2 saturated carbocycles. The first-order valence-corrected chi connectivity index (χ1v) is 22.9. The van der Waals surface area contributed by atoms with E-state index in [-0.39, 0.29) is 56.0 Å². The second-order valence-electron chi connectivity index (χ2n) is 18.0. The van der Waals surface area contributed by atoms with E-state index in [0.29, 0.717) is 17.4 Å². The van der Waals surface area contributed by atoms with Gasteiger partial charge in [-0.1, -0.05) is 45.4 Å². The molecule has 0 spiro atoms. The van der Waals surface area contributed by atoms with Gasteiger partial charge >= 0.3 is 11.6 Å². The van der Waals surface area contributed by atoms with Crippen molar-refractivity contribution in [2.24, 2.45) is 17.8 Å². The molecule has 2 aliphatic heterocycles. The number of hydrogen-bond donors (Lipinski definition) is 10. The van der Waals surface area contributed by atoms with Gasteiger partial charge in [0.1, 0.15) is 54.0 Å². The number of carbonyl (C=O) groups is 4. The largest absolute Gasteiger partial charge is 0.508 e. The summed E-state index contributed by atoms with van der Waals surface area (Å²) in [7, 11) is 0. The number of nitrogens with one attached hydrogen (secondary N) is 3. The fraction of sp³-hybridized carbons (Fsp3) is 0.711. The number of rotatable bonds is 18. The van der Waals surface area contributed by atoms with Gasteiger partial charge in [0.15, 0.2) is 18.7 Å². The van der Waals surface area contributed by atoms with E-state index in [1.807, 2.05) is 6.92 Å². The first kappa shape index (κ1) is 51.1. The Morgan fingerprint density at radius 3 is 2.29 bits per heavy atom. The van der Waals surface area contributed by atoms with E-state index in [4.69, 9.17) is 28.1 Å². The lowest BCUT2D eigenvalue weighted by molar-refractivity contribution is -0.338. The van der Waals surface area contributed by atoms with Crippen LogP contribution in [0, 0.1) is 17.8 Å². The highest BCUT2D eigenvalue weighted by Crippen LogP contribution is 2.40. The first-order chi connectivity index (χ1) is 31.5. The van der Waals surface area contributed by atoms with Crippen molar-refractivity contribution < 1.29 is 83.0 Å². The maximum atomic E-state index is 13.9. The van der Waals surface area contributed by atoms with Gasteiger partial charge in [-0.05, 0) is 55.7 Å². The van der Waals surface area contributed by atoms with Crippen LogP contribution in [0.5, 0.6) is 5.75 Å². The SMILES string of the molecule is CC[C@@H]1CC(C(=O)NCCNC(=O)Cc2cc(=O)oc3cc(O)ccc23)C[C@@H](O[C@@H]2O[C@@H](CO)[C@H](O)C(O[C@@H](CC3CCCCC3)C(=O)O)C2NC(C)=O)C1OC1O[C@@H](C)C(O)[C@H](O)[C@@H]1O. The number of hydrogen-bond acceptors (Lipinski definition) is 17. The molecule has 66 heavy (non-hydrogen) atoms. The van der Waals surface area contributed by atoms with Gasteiger partial charge in [0.05, 0.1) is 31.3 Å². The molecule has 0 bridgehead atoms. The van der Waals surface area contributed by atoms with E-state index in [1.54, 1.807) is 0 Å². The third kappa shape index (κ3) is 12.6. The average molecular weight is 936 g/mol. The second-order valence-corrected chi connectivity index (χ2v) is 18.0. The van der Waals surface area contributed by atoms with Gasteiger partial charge in [0.25, 0.3) is 0 Å². The lowest BCUT2D eigenvalue weighted by Crippen LogP contribution is -2.67. The van der Waals surface area contributed by atoms with Crippen LogP contribution in [0.2, 0.25) is 0 Å². The van der Waals surface area contributed by atoms with Crippen molar-refractivity contribution >= 4 is 34.7 Å². The number of aromatic hydroxyl groups is 1. The van der Waals surface area contributed by atoms with E-state index >= 15 is 0 Å². The van der Waals surface area contributed by atoms with Gasteiger partial charge in [-0.15, -0.1) is 0 Å². The third-order valence-electron chi connectivity index (χ3n) is 13.2. The number of carboxylic acids is 1. The van der Waals surface area contributed by atoms with Crippen molar-refractivity contribution in [2.45, 2.75) is 165 Å².